The summed E-state index contributed by atoms with van der Waals surface area (Å²) in [4.78, 5) is 5.70. The maximum atomic E-state index is 5.28. The summed E-state index contributed by atoms with van der Waals surface area (Å²) in [5, 5.41) is 8.05. The van der Waals surface area contributed by atoms with E-state index < -0.39 is 0 Å². The number of hydrogen-bond acceptors (Lipinski definition) is 5. The lowest BCUT2D eigenvalue weighted by Crippen LogP contribution is -1.86. The van der Waals surface area contributed by atoms with Crippen LogP contribution in [0.3, 0.4) is 0 Å². The number of nitrogens with zero attached hydrogens (tertiary/aromatic N) is 2. The number of hydrogen-bond donors (Lipinski definition) is 0. The SMILES string of the molecule is Cc1ccc(C)c(SCc2noc(-c3ccsc3)n2)c1. The van der Waals surface area contributed by atoms with Crippen molar-refractivity contribution >= 4 is 23.1 Å². The first-order valence-corrected chi connectivity index (χ1v) is 8.20. The predicted octanol–water partition coefficient (Wildman–Crippen LogP) is 4.71. The fourth-order valence-corrected chi connectivity index (χ4v) is 3.42. The molecule has 0 aliphatic heterocycles. The summed E-state index contributed by atoms with van der Waals surface area (Å²) in [5.74, 6) is 2.05. The molecule has 0 saturated heterocycles. The van der Waals surface area contributed by atoms with Crippen LogP contribution in [0.1, 0.15) is 17.0 Å². The molecule has 0 spiro atoms. The highest BCUT2D eigenvalue weighted by atomic mass is 32.2. The van der Waals surface area contributed by atoms with E-state index in [-0.39, 0.29) is 0 Å². The largest absolute Gasteiger partial charge is 0.334 e. The van der Waals surface area contributed by atoms with Crippen molar-refractivity contribution in [3.05, 3.63) is 52.0 Å². The van der Waals surface area contributed by atoms with Crippen molar-refractivity contribution in [2.24, 2.45) is 0 Å². The van der Waals surface area contributed by atoms with Crippen molar-refractivity contribution < 1.29 is 4.52 Å². The van der Waals surface area contributed by atoms with E-state index >= 15 is 0 Å². The molecule has 0 atom stereocenters. The number of rotatable bonds is 4. The standard InChI is InChI=1S/C15H14N2OS2/c1-10-3-4-11(2)13(7-10)20-9-14-16-15(18-17-14)12-5-6-19-8-12/h3-8H,9H2,1-2H3. The van der Waals surface area contributed by atoms with E-state index in [4.69, 9.17) is 4.52 Å². The lowest BCUT2D eigenvalue weighted by molar-refractivity contribution is 0.425. The van der Waals surface area contributed by atoms with E-state index in [9.17, 15) is 0 Å². The van der Waals surface area contributed by atoms with Crippen LogP contribution < -0.4 is 0 Å². The molecule has 0 aliphatic rings. The Balaban J connectivity index is 1.71. The van der Waals surface area contributed by atoms with Gasteiger partial charge >= 0.3 is 0 Å². The molecule has 0 radical (unpaired) electrons. The highest BCUT2D eigenvalue weighted by Crippen LogP contribution is 2.27. The first-order valence-electron chi connectivity index (χ1n) is 6.27. The van der Waals surface area contributed by atoms with E-state index in [1.807, 2.05) is 16.8 Å². The first-order chi connectivity index (χ1) is 9.72. The lowest BCUT2D eigenvalue weighted by Gasteiger charge is -2.04. The molecule has 0 amide bonds. The second kappa shape index (κ2) is 5.81. The zero-order valence-electron chi connectivity index (χ0n) is 11.3. The van der Waals surface area contributed by atoms with Gasteiger partial charge in [0.2, 0.25) is 0 Å². The van der Waals surface area contributed by atoms with Gasteiger partial charge in [-0.25, -0.2) is 0 Å². The lowest BCUT2D eigenvalue weighted by atomic mass is 10.2. The molecule has 2 aromatic heterocycles. The minimum absolute atomic E-state index is 0.600. The molecule has 1 aromatic carbocycles. The van der Waals surface area contributed by atoms with Gasteiger partial charge in [0.25, 0.3) is 5.89 Å². The van der Waals surface area contributed by atoms with E-state index in [0.29, 0.717) is 5.89 Å². The molecule has 0 fully saturated rings. The molecule has 0 N–H and O–H groups in total. The number of thiophene rings is 1. The highest BCUT2D eigenvalue weighted by Gasteiger charge is 2.10. The highest BCUT2D eigenvalue weighted by molar-refractivity contribution is 7.98. The van der Waals surface area contributed by atoms with E-state index in [2.05, 4.69) is 42.2 Å². The summed E-state index contributed by atoms with van der Waals surface area (Å²) in [6.07, 6.45) is 0. The third-order valence-corrected chi connectivity index (χ3v) is 4.77. The fourth-order valence-electron chi connectivity index (χ4n) is 1.82. The van der Waals surface area contributed by atoms with Crippen molar-refractivity contribution in [2.75, 3.05) is 0 Å². The van der Waals surface area contributed by atoms with Gasteiger partial charge in [-0.3, -0.25) is 0 Å². The molecule has 3 nitrogen and oxygen atoms in total. The van der Waals surface area contributed by atoms with Gasteiger partial charge in [-0.05, 0) is 36.9 Å². The summed E-state index contributed by atoms with van der Waals surface area (Å²) in [6.45, 7) is 4.22. The van der Waals surface area contributed by atoms with Crippen molar-refractivity contribution in [2.45, 2.75) is 24.5 Å². The van der Waals surface area contributed by atoms with Gasteiger partial charge in [0.15, 0.2) is 5.82 Å². The number of aryl methyl sites for hydroxylation is 2. The average molecular weight is 302 g/mol. The van der Waals surface area contributed by atoms with Crippen molar-refractivity contribution in [3.8, 4) is 11.5 Å². The van der Waals surface area contributed by atoms with Crippen LogP contribution in [0.5, 0.6) is 0 Å². The van der Waals surface area contributed by atoms with Crippen molar-refractivity contribution in [1.29, 1.82) is 0 Å². The van der Waals surface area contributed by atoms with Crippen LogP contribution in [-0.4, -0.2) is 10.1 Å². The molecule has 2 heterocycles. The molecule has 20 heavy (non-hydrogen) atoms. The number of thioether (sulfide) groups is 1. The normalized spacial score (nSPS) is 10.9. The second-order valence-corrected chi connectivity index (χ2v) is 6.38. The molecular weight excluding hydrogens is 288 g/mol. The Morgan fingerprint density at radius 2 is 2.15 bits per heavy atom. The van der Waals surface area contributed by atoms with Gasteiger partial charge in [-0.15, -0.1) is 11.8 Å². The molecule has 3 aromatic rings. The number of benzene rings is 1. The monoisotopic (exact) mass is 302 g/mol. The Labute approximate surface area is 126 Å². The summed E-state index contributed by atoms with van der Waals surface area (Å²) < 4.78 is 5.28. The quantitative estimate of drug-likeness (QED) is 0.654. The van der Waals surface area contributed by atoms with Gasteiger partial charge in [0.05, 0.1) is 11.3 Å². The van der Waals surface area contributed by atoms with Crippen molar-refractivity contribution in [3.63, 3.8) is 0 Å². The Morgan fingerprint density at radius 1 is 1.25 bits per heavy atom. The summed E-state index contributed by atoms with van der Waals surface area (Å²) in [7, 11) is 0. The molecule has 0 aliphatic carbocycles. The second-order valence-electron chi connectivity index (χ2n) is 4.59. The third kappa shape index (κ3) is 2.94. The fraction of sp³-hybridized carbons (Fsp3) is 0.200. The van der Waals surface area contributed by atoms with E-state index in [1.165, 1.54) is 16.0 Å². The molecule has 0 saturated carbocycles. The zero-order valence-corrected chi connectivity index (χ0v) is 12.9. The molecule has 5 heteroatoms. The van der Waals surface area contributed by atoms with Crippen LogP contribution in [0, 0.1) is 13.8 Å². The van der Waals surface area contributed by atoms with Gasteiger partial charge < -0.3 is 4.52 Å². The first kappa shape index (κ1) is 13.4. The van der Waals surface area contributed by atoms with Crippen LogP contribution in [0.15, 0.2) is 44.4 Å². The average Bonchev–Trinajstić information content (AvgIpc) is 3.09. The molecular formula is C15H14N2OS2. The minimum Gasteiger partial charge on any atom is -0.334 e. The number of aromatic nitrogens is 2. The Bertz CT molecular complexity index is 704. The zero-order chi connectivity index (χ0) is 13.9. The van der Waals surface area contributed by atoms with E-state index in [0.717, 1.165) is 17.1 Å². The summed E-state index contributed by atoms with van der Waals surface area (Å²) in [5.41, 5.74) is 3.54. The van der Waals surface area contributed by atoms with Gasteiger partial charge in [-0.1, -0.05) is 22.9 Å². The topological polar surface area (TPSA) is 38.9 Å². The van der Waals surface area contributed by atoms with Gasteiger partial charge in [0.1, 0.15) is 0 Å². The molecule has 3 rings (SSSR count). The van der Waals surface area contributed by atoms with Crippen molar-refractivity contribution in [1.82, 2.24) is 10.1 Å². The van der Waals surface area contributed by atoms with Gasteiger partial charge in [-0.2, -0.15) is 16.3 Å². The Kier molecular flexibility index (Phi) is 3.89. The van der Waals surface area contributed by atoms with Crippen LogP contribution in [0.25, 0.3) is 11.5 Å². The minimum atomic E-state index is 0.600. The van der Waals surface area contributed by atoms with Crippen LogP contribution >= 0.6 is 23.1 Å². The van der Waals surface area contributed by atoms with Crippen LogP contribution in [-0.2, 0) is 5.75 Å². The third-order valence-electron chi connectivity index (χ3n) is 2.94. The maximum Gasteiger partial charge on any atom is 0.258 e. The molecule has 0 unspecified atom stereocenters. The van der Waals surface area contributed by atoms with Crippen LogP contribution in [0.4, 0.5) is 0 Å². The summed E-state index contributed by atoms with van der Waals surface area (Å²) >= 11 is 3.37. The Hall–Kier alpha value is -1.59. The van der Waals surface area contributed by atoms with E-state index in [1.54, 1.807) is 23.1 Å². The smallest absolute Gasteiger partial charge is 0.258 e. The maximum absolute atomic E-state index is 5.28. The summed E-state index contributed by atoms with van der Waals surface area (Å²) in [6, 6.07) is 8.45. The molecule has 0 bridgehead atoms. The Morgan fingerprint density at radius 3 is 2.95 bits per heavy atom. The van der Waals surface area contributed by atoms with Crippen LogP contribution in [0.2, 0.25) is 0 Å². The van der Waals surface area contributed by atoms with Gasteiger partial charge in [0, 0.05) is 10.3 Å². The molecule has 102 valence electrons. The predicted molar refractivity (Wildman–Crippen MR) is 83.1 cm³/mol.